The van der Waals surface area contributed by atoms with Gasteiger partial charge in [0.1, 0.15) is 89.4 Å². The van der Waals surface area contributed by atoms with E-state index in [1.807, 2.05) is 97.1 Å². The van der Waals surface area contributed by atoms with Gasteiger partial charge in [0, 0.05) is 186 Å². The molecule has 20 rings (SSSR count). The maximum Gasteiger partial charge on any atom is 0.432 e. The summed E-state index contributed by atoms with van der Waals surface area (Å²) in [5.74, 6) is 2.39. The summed E-state index contributed by atoms with van der Waals surface area (Å²) in [4.78, 5) is 116. The zero-order valence-corrected chi connectivity index (χ0v) is 72.4. The van der Waals surface area contributed by atoms with Gasteiger partial charge in [-0.3, -0.25) is 34.2 Å². The summed E-state index contributed by atoms with van der Waals surface area (Å²) >= 11 is 0. The minimum atomic E-state index is -4.41. The Hall–Kier alpha value is -11.7. The molecule has 34 nitrogen and oxygen atoms in total. The summed E-state index contributed by atoms with van der Waals surface area (Å²) in [6.07, 6.45) is 22.3. The minimum absolute atomic E-state index is 0.0200. The molecule has 9 N–H and O–H groups in total. The molecule has 9 fully saturated rings. The van der Waals surface area contributed by atoms with Crippen molar-refractivity contribution in [1.82, 2.24) is 120 Å². The number of nitrogens with zero attached hydrogens (tertiary/aromatic N) is 21. The number of aromatic amines is 6. The van der Waals surface area contributed by atoms with Gasteiger partial charge < -0.3 is 51.0 Å². The quantitative estimate of drug-likeness (QED) is 0.0302. The van der Waals surface area contributed by atoms with Crippen LogP contribution in [0.15, 0.2) is 99.1 Å². The highest BCUT2D eigenvalue weighted by molar-refractivity contribution is 5.91. The van der Waals surface area contributed by atoms with Crippen molar-refractivity contribution in [2.75, 3.05) is 125 Å². The van der Waals surface area contributed by atoms with Crippen molar-refractivity contribution < 1.29 is 54.3 Å². The standard InChI is InChI=1S/C19H28N6O.C18H22F3N5O.C18H23F2N5O.C16H18F3N7.C16H19N7O/c1-2-20-18(26)14-3-6-19(7-4-14)8-11-25(12-9-19)24-17-15-5-10-21-16(15)22-13-23-17;19-18(20,21)7-5-15(27)12-2-1-9-25(10-12)26(13-3-4-13)17-14-6-8-22-16(14)23-11-24-17;1-24(17-14-4-5-21-16(14)22-11-23-17)25-6-2-3-13(10-25)15(26)7-12-8-18(19,20)9-12;1-25(15-11-4-5-20-14(11)22-9-23-15)26-6-2-3-10(8-26)13-21-7-12(24-13)16(17,18)19;17-4-1-14(24)22-7-11-3-6-23(9-12(11)8-22)21-16-13-2-5-18-15(13)19-10-20-16/h5,10,13-14H,2-4,6-9,11-12H2,1H3,(H,20,26)(H2,21,22,23,24);6,8,11-13H,1-5,7,9-10H2,(H,22,23,24);4-5,11-13H,2-3,6-10H2,1H3,(H,21,22,23);4-5,7,9-10H,2-3,6,8H2,1H3,(H,21,24)(H,20,22,23);2,5,10-12H,1,3,6-9H2,(H2,18,19,20,21). The first kappa shape index (κ1) is 90.7. The first-order valence-electron chi connectivity index (χ1n) is 44.7. The van der Waals surface area contributed by atoms with Crippen LogP contribution >= 0.6 is 0 Å². The van der Waals surface area contributed by atoms with Gasteiger partial charge >= 0.3 is 12.4 Å². The number of hydrogen-bond acceptors (Lipinski definition) is 26. The Kier molecular flexibility index (Phi) is 27.9. The number of amides is 2. The van der Waals surface area contributed by atoms with Gasteiger partial charge in [-0.25, -0.2) is 88.6 Å². The molecule has 6 aliphatic heterocycles. The van der Waals surface area contributed by atoms with Gasteiger partial charge in [0.2, 0.25) is 17.7 Å². The van der Waals surface area contributed by atoms with E-state index in [1.165, 1.54) is 44.7 Å². The molecule has 1 spiro atoms. The van der Waals surface area contributed by atoms with E-state index in [1.54, 1.807) is 18.9 Å². The molecule has 6 saturated heterocycles. The predicted molar refractivity (Wildman–Crippen MR) is 466 cm³/mol. The van der Waals surface area contributed by atoms with Crippen LogP contribution in [0.2, 0.25) is 0 Å². The van der Waals surface area contributed by atoms with Crippen LogP contribution in [0.25, 0.3) is 55.2 Å². The van der Waals surface area contributed by atoms with Crippen molar-refractivity contribution in [2.24, 2.45) is 40.9 Å². The monoisotopic (exact) mass is 1790 g/mol. The number of nitrogens with one attached hydrogen (secondary N) is 9. The number of Topliss-reactive ketones (excluding diaryl/α,β-unsaturated/α-hetero) is 2. The lowest BCUT2D eigenvalue weighted by Crippen LogP contribution is -2.51. The number of alkyl halides is 8. The predicted octanol–water partition coefficient (Wildman–Crippen LogP) is 13.1. The molecule has 3 aliphatic carbocycles. The van der Waals surface area contributed by atoms with E-state index in [9.17, 15) is 54.3 Å². The van der Waals surface area contributed by atoms with Crippen molar-refractivity contribution in [1.29, 1.82) is 5.26 Å². The van der Waals surface area contributed by atoms with Gasteiger partial charge in [-0.15, -0.1) is 0 Å². The van der Waals surface area contributed by atoms with Gasteiger partial charge in [-0.2, -0.15) is 31.6 Å². The van der Waals surface area contributed by atoms with Gasteiger partial charge in [-0.1, -0.05) is 0 Å². The zero-order chi connectivity index (χ0) is 90.1. The third kappa shape index (κ3) is 21.9. The fraction of sp³-hybridized carbons (Fsp3) is 0.563. The molecule has 11 aromatic rings. The molecule has 0 bridgehead atoms. The lowest BCUT2D eigenvalue weighted by Gasteiger charge is -2.45. The summed E-state index contributed by atoms with van der Waals surface area (Å²) < 4.78 is 102. The summed E-state index contributed by atoms with van der Waals surface area (Å²) in [7, 11) is 3.84. The van der Waals surface area contributed by atoms with Gasteiger partial charge in [-0.05, 0) is 157 Å². The van der Waals surface area contributed by atoms with Crippen LogP contribution in [-0.4, -0.2) is 255 Å². The van der Waals surface area contributed by atoms with E-state index in [2.05, 4.69) is 131 Å². The molecule has 2 amide bonds. The van der Waals surface area contributed by atoms with E-state index in [-0.39, 0.29) is 78.7 Å². The van der Waals surface area contributed by atoms with Crippen LogP contribution in [0.4, 0.5) is 64.2 Å². The number of carbonyl (C=O) groups excluding carboxylic acids is 4. The van der Waals surface area contributed by atoms with E-state index < -0.39 is 36.8 Å². The highest BCUT2D eigenvalue weighted by Gasteiger charge is 2.48. The number of imidazole rings is 1. The lowest BCUT2D eigenvalue weighted by atomic mass is 9.65. The van der Waals surface area contributed by atoms with E-state index in [0.29, 0.717) is 55.2 Å². The smallest absolute Gasteiger partial charge is 0.356 e. The number of anilines is 5. The summed E-state index contributed by atoms with van der Waals surface area (Å²) in [5, 5.41) is 33.2. The average molecular weight is 1790 g/mol. The van der Waals surface area contributed by atoms with Crippen LogP contribution in [-0.2, 0) is 25.4 Å². The third-order valence-electron chi connectivity index (χ3n) is 26.8. The second-order valence-electron chi connectivity index (χ2n) is 35.4. The highest BCUT2D eigenvalue weighted by atomic mass is 19.4. The normalized spacial score (nSPS) is 21.8. The molecular formula is C87H110F8N30O4. The number of hydrogen-bond donors (Lipinski definition) is 9. The van der Waals surface area contributed by atoms with Crippen LogP contribution in [0.5, 0.6) is 0 Å². The SMILES string of the molecule is CCNC(=O)C1CCC2(CC1)CCN(Nc1ncnc3[nH]ccc13)CC2.CN(c1ncnc2[nH]ccc12)N1CCCC(C(=O)CC2CC(F)(F)C2)C1.CN(c1ncnc2[nH]ccc12)N1CCCC(c2ncc(C(F)(F)F)[nH]2)C1.N#CCC(=O)N1CC2CCN(Nc3ncnc4[nH]ccc34)CC2C1.O=C(CCC(F)(F)F)C1CCCN(N(c2ncnc3[nH]ccc23)C2CC2)C1. The molecular weight excluding hydrogens is 1680 g/mol. The number of rotatable bonds is 21. The number of ketones is 2. The van der Waals surface area contributed by atoms with Crippen LogP contribution in [0.3, 0.4) is 0 Å². The summed E-state index contributed by atoms with van der Waals surface area (Å²) in [6.45, 7) is 12.1. The largest absolute Gasteiger partial charge is 0.432 e. The van der Waals surface area contributed by atoms with Crippen LogP contribution in [0.1, 0.15) is 159 Å². The van der Waals surface area contributed by atoms with E-state index >= 15 is 0 Å². The maximum absolute atomic E-state index is 13.0. The number of carbonyl (C=O) groups is 4. The Labute approximate surface area is 738 Å². The van der Waals surface area contributed by atoms with Crippen LogP contribution < -0.4 is 31.2 Å². The van der Waals surface area contributed by atoms with Gasteiger partial charge in [0.05, 0.1) is 45.6 Å². The Balaban J connectivity index is 0.000000118. The summed E-state index contributed by atoms with van der Waals surface area (Å²) in [5.41, 5.74) is 10.4. The highest BCUT2D eigenvalue weighted by Crippen LogP contribution is 2.48. The number of halogens is 8. The maximum atomic E-state index is 13.0. The number of nitriles is 1. The van der Waals surface area contributed by atoms with Crippen LogP contribution in [0, 0.1) is 52.3 Å². The first-order valence-corrected chi connectivity index (χ1v) is 44.7. The molecule has 0 aromatic carbocycles. The van der Waals surface area contributed by atoms with Crippen molar-refractivity contribution in [3.05, 3.63) is 111 Å². The molecule has 5 unspecified atom stereocenters. The molecule has 688 valence electrons. The van der Waals surface area contributed by atoms with Crippen molar-refractivity contribution in [3.63, 3.8) is 0 Å². The fourth-order valence-corrected chi connectivity index (χ4v) is 19.6. The molecule has 42 heteroatoms. The second-order valence-corrected chi connectivity index (χ2v) is 35.4. The Morgan fingerprint density at radius 2 is 1.02 bits per heavy atom. The molecule has 17 heterocycles. The van der Waals surface area contributed by atoms with Crippen molar-refractivity contribution in [2.45, 2.75) is 172 Å². The number of fused-ring (bicyclic) bond motifs is 6. The Morgan fingerprint density at radius 3 is 1.56 bits per heavy atom. The molecule has 3 saturated carbocycles. The minimum Gasteiger partial charge on any atom is -0.356 e. The Bertz CT molecular complexity index is 5660. The van der Waals surface area contributed by atoms with Gasteiger partial charge in [0.25, 0.3) is 0 Å². The number of likely N-dealkylation sites (tertiary alicyclic amines) is 1. The molecule has 5 atom stereocenters. The number of piperidine rings is 5. The van der Waals surface area contributed by atoms with E-state index in [4.69, 9.17) is 5.26 Å². The molecule has 129 heavy (non-hydrogen) atoms. The third-order valence-corrected chi connectivity index (χ3v) is 26.8. The lowest BCUT2D eigenvalue weighted by molar-refractivity contribution is -0.145. The van der Waals surface area contributed by atoms with Crippen molar-refractivity contribution in [3.8, 4) is 6.07 Å². The fourth-order valence-electron chi connectivity index (χ4n) is 19.6. The van der Waals surface area contributed by atoms with Gasteiger partial charge in [0.15, 0.2) is 29.1 Å². The number of H-pyrrole nitrogens is 6. The molecule has 9 aliphatic rings. The average Bonchev–Trinajstić information content (AvgIpc) is 1.65. The Morgan fingerprint density at radius 1 is 0.527 bits per heavy atom. The topological polar surface area (TPSA) is 394 Å². The summed E-state index contributed by atoms with van der Waals surface area (Å²) in [6, 6.07) is 12.0. The van der Waals surface area contributed by atoms with E-state index in [0.717, 1.165) is 220 Å². The first-order chi connectivity index (χ1) is 62.2. The van der Waals surface area contributed by atoms with Crippen molar-refractivity contribution >= 4 is 108 Å². The number of hydrazine groups is 5. The zero-order valence-electron chi connectivity index (χ0n) is 72.4. The second kappa shape index (κ2) is 39.7. The molecule has 0 radical (unpaired) electrons. The molecule has 11 aromatic heterocycles. The number of aromatic nitrogens is 17.